The zero-order valence-electron chi connectivity index (χ0n) is 13.6. The Morgan fingerprint density at radius 1 is 1.00 bits per heavy atom. The number of rotatable bonds is 1. The molecular weight excluding hydrogens is 336 g/mol. The Morgan fingerprint density at radius 3 is 2.16 bits per heavy atom. The van der Waals surface area contributed by atoms with E-state index in [1.807, 2.05) is 48.2 Å². The number of sulfonamides is 1. The van der Waals surface area contributed by atoms with Crippen molar-refractivity contribution in [1.29, 1.82) is 5.26 Å². The highest BCUT2D eigenvalue weighted by atomic mass is 32.2. The number of nitrogens with zero attached hydrogens (tertiary/aromatic N) is 4. The van der Waals surface area contributed by atoms with Crippen LogP contribution in [0.15, 0.2) is 69.2 Å². The molecule has 4 rings (SSSR count). The van der Waals surface area contributed by atoms with Gasteiger partial charge in [0.2, 0.25) is 0 Å². The summed E-state index contributed by atoms with van der Waals surface area (Å²) < 4.78 is 28.6. The summed E-state index contributed by atoms with van der Waals surface area (Å²) in [6.45, 7) is 0. The maximum atomic E-state index is 12.3. The lowest BCUT2D eigenvalue weighted by atomic mass is 10.0. The van der Waals surface area contributed by atoms with Crippen LogP contribution in [0.3, 0.4) is 0 Å². The van der Waals surface area contributed by atoms with Crippen molar-refractivity contribution < 1.29 is 8.42 Å². The maximum Gasteiger partial charge on any atom is 0.283 e. The van der Waals surface area contributed by atoms with E-state index in [1.54, 1.807) is 18.2 Å². The van der Waals surface area contributed by atoms with Crippen molar-refractivity contribution in [2.45, 2.75) is 4.90 Å². The molecule has 0 bridgehead atoms. The maximum absolute atomic E-state index is 12.3. The Balaban J connectivity index is 1.97. The zero-order valence-corrected chi connectivity index (χ0v) is 14.4. The van der Waals surface area contributed by atoms with Gasteiger partial charge in [-0.25, -0.2) is 0 Å². The Morgan fingerprint density at radius 2 is 1.56 bits per heavy atom. The Kier molecular flexibility index (Phi) is 3.20. The molecule has 0 fully saturated rings. The largest absolute Gasteiger partial charge is 0.328 e. The second-order valence-corrected chi connectivity index (χ2v) is 7.40. The summed E-state index contributed by atoms with van der Waals surface area (Å²) in [5.41, 5.74) is 2.78. The second-order valence-electron chi connectivity index (χ2n) is 5.83. The number of hydrogen-bond acceptors (Lipinski definition) is 5. The van der Waals surface area contributed by atoms with Gasteiger partial charge < -0.3 is 9.80 Å². The monoisotopic (exact) mass is 350 g/mol. The second kappa shape index (κ2) is 5.19. The minimum absolute atomic E-state index is 0.138. The van der Waals surface area contributed by atoms with Gasteiger partial charge in [-0.1, -0.05) is 30.3 Å². The van der Waals surface area contributed by atoms with Gasteiger partial charge in [0.1, 0.15) is 23.2 Å². The Hall–Kier alpha value is -3.11. The normalized spacial score (nSPS) is 17.0. The molecule has 0 saturated carbocycles. The van der Waals surface area contributed by atoms with Crippen molar-refractivity contribution in [3.63, 3.8) is 0 Å². The highest BCUT2D eigenvalue weighted by Gasteiger charge is 2.36. The molecule has 0 aliphatic carbocycles. The van der Waals surface area contributed by atoms with Gasteiger partial charge in [0.15, 0.2) is 0 Å². The van der Waals surface area contributed by atoms with E-state index in [0.717, 1.165) is 11.4 Å². The molecule has 0 atom stereocenters. The third-order valence-corrected chi connectivity index (χ3v) is 5.78. The average molecular weight is 350 g/mol. The van der Waals surface area contributed by atoms with E-state index >= 15 is 0 Å². The number of nitriles is 1. The summed E-state index contributed by atoms with van der Waals surface area (Å²) in [6, 6.07) is 16.5. The fourth-order valence-electron chi connectivity index (χ4n) is 3.31. The van der Waals surface area contributed by atoms with E-state index < -0.39 is 10.0 Å². The molecule has 2 aromatic carbocycles. The summed E-state index contributed by atoms with van der Waals surface area (Å²) in [4.78, 5) is 3.90. The van der Waals surface area contributed by atoms with Crippen molar-refractivity contribution >= 4 is 27.1 Å². The molecule has 2 aliphatic rings. The number of anilines is 2. The lowest BCUT2D eigenvalue weighted by Crippen LogP contribution is -2.26. The molecule has 0 aromatic heterocycles. The number of benzene rings is 2. The number of fused-ring (bicyclic) bond motifs is 2. The summed E-state index contributed by atoms with van der Waals surface area (Å²) >= 11 is 0. The van der Waals surface area contributed by atoms with E-state index in [4.69, 9.17) is 0 Å². The third kappa shape index (κ3) is 2.08. The first kappa shape index (κ1) is 15.4. The van der Waals surface area contributed by atoms with Gasteiger partial charge in [0.05, 0.1) is 16.3 Å². The van der Waals surface area contributed by atoms with Gasteiger partial charge in [0, 0.05) is 19.7 Å². The van der Waals surface area contributed by atoms with Gasteiger partial charge in [0.25, 0.3) is 10.0 Å². The van der Waals surface area contributed by atoms with Crippen LogP contribution in [0, 0.1) is 11.3 Å². The zero-order chi connectivity index (χ0) is 17.8. The van der Waals surface area contributed by atoms with E-state index in [-0.39, 0.29) is 16.2 Å². The first-order chi connectivity index (χ1) is 12.0. The molecular formula is C18H14N4O2S. The van der Waals surface area contributed by atoms with Crippen LogP contribution in [-0.2, 0) is 10.0 Å². The molecule has 2 aliphatic heterocycles. The van der Waals surface area contributed by atoms with Gasteiger partial charge in [-0.15, -0.1) is 0 Å². The van der Waals surface area contributed by atoms with Crippen molar-refractivity contribution in [3.05, 3.63) is 65.5 Å². The van der Waals surface area contributed by atoms with E-state index in [0.29, 0.717) is 11.4 Å². The number of hydrogen-bond donors (Lipinski definition) is 0. The number of para-hydroxylation sites is 2. The standard InChI is InChI=1S/C18H14N4O2S/c1-21-14-8-4-5-9-15(14)22(2)18(21)13(11-19)17-12-7-3-6-10-16(12)25(23,24)20-17/h3-10H,1-2H3. The van der Waals surface area contributed by atoms with Crippen LogP contribution >= 0.6 is 0 Å². The molecule has 0 amide bonds. The molecule has 0 unspecified atom stereocenters. The van der Waals surface area contributed by atoms with Crippen molar-refractivity contribution in [2.75, 3.05) is 23.9 Å². The third-order valence-electron chi connectivity index (χ3n) is 4.44. The van der Waals surface area contributed by atoms with Gasteiger partial charge in [-0.05, 0) is 18.2 Å². The molecule has 2 heterocycles. The molecule has 0 spiro atoms. The molecule has 0 N–H and O–H groups in total. The van der Waals surface area contributed by atoms with Crippen LogP contribution in [0.2, 0.25) is 0 Å². The van der Waals surface area contributed by atoms with E-state index in [1.165, 1.54) is 6.07 Å². The minimum atomic E-state index is -3.78. The van der Waals surface area contributed by atoms with Gasteiger partial charge in [-0.2, -0.15) is 18.1 Å². The summed E-state index contributed by atoms with van der Waals surface area (Å²) in [7, 11) is -0.0719. The molecule has 124 valence electrons. The molecule has 6 nitrogen and oxygen atoms in total. The first-order valence-corrected chi connectivity index (χ1v) is 9.05. The quantitative estimate of drug-likeness (QED) is 0.739. The molecule has 7 heteroatoms. The van der Waals surface area contributed by atoms with Crippen LogP contribution < -0.4 is 9.80 Å². The Bertz CT molecular complexity index is 1080. The van der Waals surface area contributed by atoms with Crippen molar-refractivity contribution in [3.8, 4) is 6.07 Å². The summed E-state index contributed by atoms with van der Waals surface area (Å²) in [5.74, 6) is 0.606. The van der Waals surface area contributed by atoms with Crippen LogP contribution in [-0.4, -0.2) is 28.2 Å². The van der Waals surface area contributed by atoms with Crippen LogP contribution in [0.4, 0.5) is 11.4 Å². The van der Waals surface area contributed by atoms with Crippen molar-refractivity contribution in [2.24, 2.45) is 4.40 Å². The van der Waals surface area contributed by atoms with Crippen LogP contribution in [0.5, 0.6) is 0 Å². The predicted octanol–water partition coefficient (Wildman–Crippen LogP) is 2.50. The lowest BCUT2D eigenvalue weighted by molar-refractivity contribution is 0.599. The molecule has 2 aromatic rings. The highest BCUT2D eigenvalue weighted by Crippen LogP contribution is 2.41. The predicted molar refractivity (Wildman–Crippen MR) is 96.1 cm³/mol. The first-order valence-electron chi connectivity index (χ1n) is 7.61. The Labute approximate surface area is 146 Å². The fraction of sp³-hybridized carbons (Fsp3) is 0.111. The summed E-state index contributed by atoms with van der Waals surface area (Å²) in [5, 5.41) is 9.82. The SMILES string of the molecule is CN1C(=C(C#N)C2=NS(=O)(=O)c3ccccc32)N(C)c2ccccc21. The van der Waals surface area contributed by atoms with Crippen LogP contribution in [0.25, 0.3) is 0 Å². The van der Waals surface area contributed by atoms with E-state index in [9.17, 15) is 13.7 Å². The lowest BCUT2D eigenvalue weighted by Gasteiger charge is -2.20. The number of allylic oxidation sites excluding steroid dienone is 1. The van der Waals surface area contributed by atoms with E-state index in [2.05, 4.69) is 10.5 Å². The van der Waals surface area contributed by atoms with Gasteiger partial charge in [-0.3, -0.25) is 0 Å². The molecule has 0 radical (unpaired) electrons. The fourth-order valence-corrected chi connectivity index (χ4v) is 4.54. The molecule has 0 saturated heterocycles. The molecule has 25 heavy (non-hydrogen) atoms. The smallest absolute Gasteiger partial charge is 0.283 e. The van der Waals surface area contributed by atoms with Crippen LogP contribution in [0.1, 0.15) is 5.56 Å². The minimum Gasteiger partial charge on any atom is -0.328 e. The van der Waals surface area contributed by atoms with Crippen molar-refractivity contribution in [1.82, 2.24) is 0 Å². The average Bonchev–Trinajstić information content (AvgIpc) is 3.03. The van der Waals surface area contributed by atoms with Gasteiger partial charge >= 0.3 is 0 Å². The highest BCUT2D eigenvalue weighted by molar-refractivity contribution is 7.90. The topological polar surface area (TPSA) is 76.8 Å². The summed E-state index contributed by atoms with van der Waals surface area (Å²) in [6.07, 6.45) is 0.